The first kappa shape index (κ1) is 17.9. The number of rotatable bonds is 4. The Kier molecular flexibility index (Phi) is 4.17. The quantitative estimate of drug-likeness (QED) is 0.497. The van der Waals surface area contributed by atoms with Crippen molar-refractivity contribution in [1.29, 1.82) is 0 Å². The lowest BCUT2D eigenvalue weighted by molar-refractivity contribution is 0.102. The lowest BCUT2D eigenvalue weighted by atomic mass is 10.1. The molecule has 0 unspecified atom stereocenters. The Hall–Kier alpha value is -4.20. The maximum absolute atomic E-state index is 13.0. The number of hydrogen-bond acceptors (Lipinski definition) is 3. The van der Waals surface area contributed by atoms with E-state index in [4.69, 9.17) is 0 Å². The summed E-state index contributed by atoms with van der Waals surface area (Å²) in [7, 11) is 1.88. The van der Waals surface area contributed by atoms with Gasteiger partial charge in [0.2, 0.25) is 0 Å². The standard InChI is InChI=1S/C22H17FN6O/c1-27-13-16(12-24-27)15-2-7-19-8-9-21(28(19)14-15)29-11-10-20(26-29)22(30)25-18-5-3-17(23)4-6-18/h2-14H,1H3,(H,25,30). The molecule has 0 atom stereocenters. The van der Waals surface area contributed by atoms with E-state index in [0.717, 1.165) is 22.5 Å². The number of aryl methyl sites for hydroxylation is 1. The molecule has 5 rings (SSSR count). The molecule has 1 amide bonds. The van der Waals surface area contributed by atoms with Crippen LogP contribution in [0.25, 0.3) is 22.5 Å². The van der Waals surface area contributed by atoms with Crippen LogP contribution in [0.4, 0.5) is 10.1 Å². The Labute approximate surface area is 171 Å². The van der Waals surface area contributed by atoms with E-state index < -0.39 is 0 Å². The summed E-state index contributed by atoms with van der Waals surface area (Å²) in [4.78, 5) is 12.5. The van der Waals surface area contributed by atoms with E-state index in [1.807, 2.05) is 54.3 Å². The zero-order chi connectivity index (χ0) is 20.7. The first-order valence-corrected chi connectivity index (χ1v) is 9.30. The number of nitrogens with one attached hydrogen (secondary N) is 1. The highest BCUT2D eigenvalue weighted by Gasteiger charge is 2.13. The Bertz CT molecular complexity index is 1360. The number of aromatic nitrogens is 5. The maximum atomic E-state index is 13.0. The summed E-state index contributed by atoms with van der Waals surface area (Å²) in [5.74, 6) is 0.0804. The molecule has 7 nitrogen and oxygen atoms in total. The van der Waals surface area contributed by atoms with Gasteiger partial charge in [0.1, 0.15) is 11.6 Å². The van der Waals surface area contributed by atoms with Crippen LogP contribution in [-0.4, -0.2) is 29.9 Å². The zero-order valence-electron chi connectivity index (χ0n) is 16.0. The lowest BCUT2D eigenvalue weighted by Gasteiger charge is -2.06. The molecule has 0 aliphatic heterocycles. The fourth-order valence-electron chi connectivity index (χ4n) is 3.32. The normalized spacial score (nSPS) is 11.1. The summed E-state index contributed by atoms with van der Waals surface area (Å²) in [6.45, 7) is 0. The second-order valence-electron chi connectivity index (χ2n) is 6.91. The van der Waals surface area contributed by atoms with Gasteiger partial charge in [-0.1, -0.05) is 6.07 Å². The fourth-order valence-corrected chi connectivity index (χ4v) is 3.32. The highest BCUT2D eigenvalue weighted by atomic mass is 19.1. The molecule has 5 aromatic rings. The lowest BCUT2D eigenvalue weighted by Crippen LogP contribution is -2.13. The summed E-state index contributed by atoms with van der Waals surface area (Å²) in [6.07, 6.45) is 7.52. The summed E-state index contributed by atoms with van der Waals surface area (Å²) < 4.78 is 18.5. The first-order valence-electron chi connectivity index (χ1n) is 9.30. The van der Waals surface area contributed by atoms with Crippen molar-refractivity contribution >= 4 is 17.1 Å². The van der Waals surface area contributed by atoms with E-state index in [2.05, 4.69) is 15.5 Å². The van der Waals surface area contributed by atoms with Crippen LogP contribution >= 0.6 is 0 Å². The average molecular weight is 400 g/mol. The predicted molar refractivity (Wildman–Crippen MR) is 111 cm³/mol. The maximum Gasteiger partial charge on any atom is 0.276 e. The molecular weight excluding hydrogens is 383 g/mol. The number of carbonyl (C=O) groups excluding carboxylic acids is 1. The molecule has 148 valence electrons. The third kappa shape index (κ3) is 3.24. The van der Waals surface area contributed by atoms with Crippen LogP contribution in [0.1, 0.15) is 10.5 Å². The number of fused-ring (bicyclic) bond motifs is 1. The molecular formula is C22H17FN6O. The van der Waals surface area contributed by atoms with E-state index in [9.17, 15) is 9.18 Å². The average Bonchev–Trinajstić information content (AvgIpc) is 3.48. The van der Waals surface area contributed by atoms with Crippen molar-refractivity contribution in [3.05, 3.63) is 90.9 Å². The minimum absolute atomic E-state index is 0.262. The molecule has 1 aromatic carbocycles. The number of benzene rings is 1. The number of anilines is 1. The van der Waals surface area contributed by atoms with Crippen molar-refractivity contribution in [3.8, 4) is 16.9 Å². The van der Waals surface area contributed by atoms with Crippen molar-refractivity contribution in [3.63, 3.8) is 0 Å². The summed E-state index contributed by atoms with van der Waals surface area (Å²) in [5.41, 5.74) is 3.81. The Balaban J connectivity index is 1.45. The molecule has 0 radical (unpaired) electrons. The molecule has 0 spiro atoms. The Morgan fingerprint density at radius 1 is 0.967 bits per heavy atom. The molecule has 30 heavy (non-hydrogen) atoms. The Morgan fingerprint density at radius 2 is 1.77 bits per heavy atom. The molecule has 0 aliphatic carbocycles. The molecule has 0 fully saturated rings. The minimum Gasteiger partial charge on any atom is -0.321 e. The summed E-state index contributed by atoms with van der Waals surface area (Å²) >= 11 is 0. The third-order valence-corrected chi connectivity index (χ3v) is 4.83. The monoisotopic (exact) mass is 400 g/mol. The van der Waals surface area contributed by atoms with Gasteiger partial charge in [-0.15, -0.1) is 0 Å². The molecule has 1 N–H and O–H groups in total. The van der Waals surface area contributed by atoms with Gasteiger partial charge >= 0.3 is 0 Å². The van der Waals surface area contributed by atoms with Crippen LogP contribution in [0.5, 0.6) is 0 Å². The van der Waals surface area contributed by atoms with Gasteiger partial charge in [0.25, 0.3) is 5.91 Å². The molecule has 8 heteroatoms. The number of carbonyl (C=O) groups is 1. The first-order chi connectivity index (χ1) is 14.6. The highest BCUT2D eigenvalue weighted by molar-refractivity contribution is 6.02. The van der Waals surface area contributed by atoms with E-state index in [1.54, 1.807) is 21.6 Å². The molecule has 0 aliphatic rings. The molecule has 0 saturated carbocycles. The number of pyridine rings is 1. The molecule has 4 aromatic heterocycles. The Morgan fingerprint density at radius 3 is 2.53 bits per heavy atom. The van der Waals surface area contributed by atoms with Crippen molar-refractivity contribution in [2.24, 2.45) is 7.05 Å². The largest absolute Gasteiger partial charge is 0.321 e. The van der Waals surface area contributed by atoms with E-state index >= 15 is 0 Å². The van der Waals surface area contributed by atoms with Crippen molar-refractivity contribution in [1.82, 2.24) is 24.0 Å². The van der Waals surface area contributed by atoms with Gasteiger partial charge in [-0.05, 0) is 48.5 Å². The van der Waals surface area contributed by atoms with Gasteiger partial charge < -0.3 is 9.72 Å². The number of hydrogen-bond donors (Lipinski definition) is 1. The number of halogens is 1. The molecule has 0 saturated heterocycles. The molecule has 4 heterocycles. The highest BCUT2D eigenvalue weighted by Crippen LogP contribution is 2.22. The van der Waals surface area contributed by atoms with Gasteiger partial charge in [-0.2, -0.15) is 10.2 Å². The molecule has 0 bridgehead atoms. The fraction of sp³-hybridized carbons (Fsp3) is 0.0455. The van der Waals surface area contributed by atoms with Crippen molar-refractivity contribution in [2.75, 3.05) is 5.32 Å². The van der Waals surface area contributed by atoms with Gasteiger partial charge in [0.15, 0.2) is 5.69 Å². The van der Waals surface area contributed by atoms with Crippen molar-refractivity contribution < 1.29 is 9.18 Å². The summed E-state index contributed by atoms with van der Waals surface area (Å²) in [6, 6.07) is 15.2. The van der Waals surface area contributed by atoms with Gasteiger partial charge in [-0.3, -0.25) is 9.48 Å². The zero-order valence-corrected chi connectivity index (χ0v) is 16.0. The van der Waals surface area contributed by atoms with Gasteiger partial charge in [0, 0.05) is 48.0 Å². The predicted octanol–water partition coefficient (Wildman–Crippen LogP) is 3.92. The second-order valence-corrected chi connectivity index (χ2v) is 6.91. The van der Waals surface area contributed by atoms with Crippen LogP contribution in [0.2, 0.25) is 0 Å². The van der Waals surface area contributed by atoms with Gasteiger partial charge in [0.05, 0.1) is 6.20 Å². The summed E-state index contributed by atoms with van der Waals surface area (Å²) in [5, 5.41) is 11.4. The third-order valence-electron chi connectivity index (χ3n) is 4.83. The van der Waals surface area contributed by atoms with Crippen LogP contribution in [0.15, 0.2) is 79.4 Å². The number of amides is 1. The SMILES string of the molecule is Cn1cc(-c2ccc3ccc(-n4ccc(C(=O)Nc5ccc(F)cc5)n4)n3c2)cn1. The smallest absolute Gasteiger partial charge is 0.276 e. The van der Waals surface area contributed by atoms with Crippen molar-refractivity contribution in [2.45, 2.75) is 0 Å². The van der Waals surface area contributed by atoms with Crippen LogP contribution in [0, 0.1) is 5.82 Å². The van der Waals surface area contributed by atoms with E-state index in [1.165, 1.54) is 24.3 Å². The van der Waals surface area contributed by atoms with Gasteiger partial charge in [-0.25, -0.2) is 9.07 Å². The second kappa shape index (κ2) is 7.00. The van der Waals surface area contributed by atoms with Crippen LogP contribution < -0.4 is 5.32 Å². The van der Waals surface area contributed by atoms with E-state index in [-0.39, 0.29) is 17.4 Å². The number of nitrogens with zero attached hydrogens (tertiary/aromatic N) is 5. The van der Waals surface area contributed by atoms with Crippen LogP contribution in [-0.2, 0) is 7.05 Å². The topological polar surface area (TPSA) is 69.2 Å². The van der Waals surface area contributed by atoms with E-state index in [0.29, 0.717) is 5.69 Å². The minimum atomic E-state index is -0.364. The van der Waals surface area contributed by atoms with Crippen LogP contribution in [0.3, 0.4) is 0 Å².